The number of rotatable bonds is 5. The largest absolute Gasteiger partial charge is 0.486 e. The Labute approximate surface area is 190 Å². The maximum Gasteiger partial charge on any atom is 0.322 e. The molecule has 0 atom stereocenters. The predicted octanol–water partition coefficient (Wildman–Crippen LogP) is 4.53. The van der Waals surface area contributed by atoms with Gasteiger partial charge in [0.1, 0.15) is 13.2 Å². The van der Waals surface area contributed by atoms with Crippen LogP contribution in [0, 0.1) is 0 Å². The van der Waals surface area contributed by atoms with Crippen molar-refractivity contribution in [3.8, 4) is 11.5 Å². The quantitative estimate of drug-likeness (QED) is 0.477. The number of H-pyrrole nitrogens is 1. The Balaban J connectivity index is 1.46. The molecule has 0 saturated heterocycles. The molecule has 0 saturated carbocycles. The van der Waals surface area contributed by atoms with Crippen molar-refractivity contribution in [1.29, 1.82) is 0 Å². The fraction of sp³-hybridized carbons (Fsp3) is 0.154. The highest BCUT2D eigenvalue weighted by Gasteiger charge is 2.19. The number of para-hydroxylation sites is 1. The lowest BCUT2D eigenvalue weighted by molar-refractivity contribution is 0.172. The van der Waals surface area contributed by atoms with Crippen molar-refractivity contribution in [1.82, 2.24) is 9.88 Å². The number of benzene rings is 3. The fourth-order valence-electron chi connectivity index (χ4n) is 3.84. The summed E-state index contributed by atoms with van der Waals surface area (Å²) in [6, 6.07) is 24.1. The molecule has 0 bridgehead atoms. The summed E-state index contributed by atoms with van der Waals surface area (Å²) < 4.78 is 11.3. The first-order valence-corrected chi connectivity index (χ1v) is 10.8. The second-order valence-electron chi connectivity index (χ2n) is 7.84. The number of nitrogens with zero attached hydrogens (tertiary/aromatic N) is 1. The average molecular weight is 441 g/mol. The van der Waals surface area contributed by atoms with Crippen LogP contribution in [0.15, 0.2) is 83.7 Å². The highest BCUT2D eigenvalue weighted by Crippen LogP contribution is 2.33. The van der Waals surface area contributed by atoms with E-state index in [1.54, 1.807) is 17.0 Å². The van der Waals surface area contributed by atoms with Gasteiger partial charge in [0.05, 0.1) is 12.1 Å². The number of hydrogen-bond acceptors (Lipinski definition) is 4. The van der Waals surface area contributed by atoms with Gasteiger partial charge in [-0.2, -0.15) is 0 Å². The maximum atomic E-state index is 13.2. The third kappa shape index (κ3) is 4.67. The molecule has 33 heavy (non-hydrogen) atoms. The summed E-state index contributed by atoms with van der Waals surface area (Å²) >= 11 is 0. The fourth-order valence-corrected chi connectivity index (χ4v) is 3.84. The van der Waals surface area contributed by atoms with Crippen molar-refractivity contribution in [2.45, 2.75) is 13.1 Å². The third-order valence-corrected chi connectivity index (χ3v) is 5.47. The Morgan fingerprint density at radius 2 is 1.55 bits per heavy atom. The molecule has 1 aromatic heterocycles. The number of carbonyl (C=O) groups excluding carboxylic acids is 1. The number of aromatic amines is 1. The Bertz CT molecular complexity index is 1340. The molecule has 0 spiro atoms. The smallest absolute Gasteiger partial charge is 0.322 e. The van der Waals surface area contributed by atoms with Crippen LogP contribution in [0.2, 0.25) is 0 Å². The molecule has 0 unspecified atom stereocenters. The number of hydrogen-bond donors (Lipinski definition) is 2. The minimum Gasteiger partial charge on any atom is -0.486 e. The van der Waals surface area contributed by atoms with Crippen LogP contribution in [0.1, 0.15) is 11.1 Å². The topological polar surface area (TPSA) is 83.7 Å². The van der Waals surface area contributed by atoms with Crippen LogP contribution in [0.25, 0.3) is 10.9 Å². The first kappa shape index (κ1) is 20.6. The van der Waals surface area contributed by atoms with E-state index in [0.717, 1.165) is 10.9 Å². The first-order valence-electron chi connectivity index (χ1n) is 10.8. The number of pyridine rings is 1. The van der Waals surface area contributed by atoms with Gasteiger partial charge in [-0.05, 0) is 29.8 Å². The van der Waals surface area contributed by atoms with Gasteiger partial charge in [0.2, 0.25) is 0 Å². The minimum absolute atomic E-state index is 0.146. The van der Waals surface area contributed by atoms with E-state index < -0.39 is 0 Å². The summed E-state index contributed by atoms with van der Waals surface area (Å²) in [6.45, 7) is 1.47. The van der Waals surface area contributed by atoms with E-state index in [0.29, 0.717) is 48.0 Å². The number of aromatic nitrogens is 1. The zero-order chi connectivity index (χ0) is 22.6. The number of amides is 2. The summed E-state index contributed by atoms with van der Waals surface area (Å²) in [5.74, 6) is 1.26. The van der Waals surface area contributed by atoms with Gasteiger partial charge in [-0.1, -0.05) is 48.5 Å². The first-order chi connectivity index (χ1) is 16.2. The lowest BCUT2D eigenvalue weighted by atomic mass is 10.1. The molecule has 4 aromatic rings. The molecule has 0 aliphatic carbocycles. The molecule has 7 heteroatoms. The van der Waals surface area contributed by atoms with E-state index in [4.69, 9.17) is 9.47 Å². The molecular weight excluding hydrogens is 418 g/mol. The highest BCUT2D eigenvalue weighted by atomic mass is 16.6. The summed E-state index contributed by atoms with van der Waals surface area (Å²) in [5.41, 5.74) is 2.56. The molecule has 0 fully saturated rings. The molecule has 3 aromatic carbocycles. The van der Waals surface area contributed by atoms with Crippen LogP contribution in [0.5, 0.6) is 11.5 Å². The second kappa shape index (κ2) is 9.08. The number of urea groups is 1. The van der Waals surface area contributed by atoms with Crippen LogP contribution in [0.3, 0.4) is 0 Å². The van der Waals surface area contributed by atoms with Crippen molar-refractivity contribution in [3.63, 3.8) is 0 Å². The molecule has 1 aliphatic heterocycles. The number of anilines is 1. The Morgan fingerprint density at radius 1 is 0.879 bits per heavy atom. The van der Waals surface area contributed by atoms with Crippen LogP contribution >= 0.6 is 0 Å². The van der Waals surface area contributed by atoms with Crippen molar-refractivity contribution in [3.05, 3.63) is 100 Å². The monoisotopic (exact) mass is 441 g/mol. The van der Waals surface area contributed by atoms with Gasteiger partial charge in [0, 0.05) is 29.2 Å². The minimum atomic E-state index is -0.285. The highest BCUT2D eigenvalue weighted by molar-refractivity contribution is 5.89. The van der Waals surface area contributed by atoms with Crippen molar-refractivity contribution >= 4 is 22.6 Å². The number of carbonyl (C=O) groups is 1. The normalized spacial score (nSPS) is 12.4. The molecule has 2 heterocycles. The van der Waals surface area contributed by atoms with Crippen LogP contribution in [0.4, 0.5) is 10.5 Å². The number of fused-ring (bicyclic) bond motifs is 2. The SMILES string of the molecule is O=C(Nc1ccccc1)N(Cc1ccccc1)Cc1cc2cc3c(cc2[nH]c1=O)OCCO3. The van der Waals surface area contributed by atoms with Gasteiger partial charge in [-0.15, -0.1) is 0 Å². The van der Waals surface area contributed by atoms with Crippen molar-refractivity contribution < 1.29 is 14.3 Å². The molecule has 0 radical (unpaired) electrons. The summed E-state index contributed by atoms with van der Waals surface area (Å²) in [4.78, 5) is 30.6. The molecule has 166 valence electrons. The van der Waals surface area contributed by atoms with E-state index in [-0.39, 0.29) is 18.1 Å². The van der Waals surface area contributed by atoms with Gasteiger partial charge in [-0.25, -0.2) is 4.79 Å². The zero-order valence-electron chi connectivity index (χ0n) is 17.9. The van der Waals surface area contributed by atoms with Crippen molar-refractivity contribution in [2.75, 3.05) is 18.5 Å². The zero-order valence-corrected chi connectivity index (χ0v) is 17.9. The van der Waals surface area contributed by atoms with E-state index in [1.807, 2.05) is 66.7 Å². The lowest BCUT2D eigenvalue weighted by Gasteiger charge is -2.23. The van der Waals surface area contributed by atoms with Crippen LogP contribution in [-0.4, -0.2) is 29.1 Å². The number of ether oxygens (including phenoxy) is 2. The number of nitrogens with one attached hydrogen (secondary N) is 2. The predicted molar refractivity (Wildman–Crippen MR) is 127 cm³/mol. The lowest BCUT2D eigenvalue weighted by Crippen LogP contribution is -2.35. The molecule has 5 rings (SSSR count). The molecule has 1 aliphatic rings. The van der Waals surface area contributed by atoms with Crippen molar-refractivity contribution in [2.24, 2.45) is 0 Å². The van der Waals surface area contributed by atoms with Crippen LogP contribution in [-0.2, 0) is 13.1 Å². The second-order valence-corrected chi connectivity index (χ2v) is 7.84. The maximum absolute atomic E-state index is 13.2. The summed E-state index contributed by atoms with van der Waals surface area (Å²) in [7, 11) is 0. The van der Waals surface area contributed by atoms with E-state index in [2.05, 4.69) is 10.3 Å². The van der Waals surface area contributed by atoms with Gasteiger partial charge >= 0.3 is 6.03 Å². The van der Waals surface area contributed by atoms with Gasteiger partial charge in [-0.3, -0.25) is 4.79 Å². The summed E-state index contributed by atoms with van der Waals surface area (Å²) in [6.07, 6.45) is 0. The summed E-state index contributed by atoms with van der Waals surface area (Å²) in [5, 5.41) is 3.73. The third-order valence-electron chi connectivity index (χ3n) is 5.47. The molecule has 2 amide bonds. The Kier molecular flexibility index (Phi) is 5.68. The van der Waals surface area contributed by atoms with Gasteiger partial charge in [0.25, 0.3) is 5.56 Å². The van der Waals surface area contributed by atoms with Gasteiger partial charge in [0.15, 0.2) is 11.5 Å². The Hall–Kier alpha value is -4.26. The average Bonchev–Trinajstić information content (AvgIpc) is 2.84. The van der Waals surface area contributed by atoms with Crippen LogP contribution < -0.4 is 20.3 Å². The van der Waals surface area contributed by atoms with E-state index in [1.165, 1.54) is 0 Å². The van der Waals surface area contributed by atoms with Gasteiger partial charge < -0.3 is 24.7 Å². The molecular formula is C26H23N3O4. The standard InChI is InChI=1S/C26H23N3O4/c30-25-20(13-19-14-23-24(15-22(19)28-25)33-12-11-32-23)17-29(16-18-7-3-1-4-8-18)26(31)27-21-9-5-2-6-10-21/h1-10,13-15H,11-12,16-17H2,(H,27,31)(H,28,30). The van der Waals surface area contributed by atoms with E-state index in [9.17, 15) is 9.59 Å². The Morgan fingerprint density at radius 3 is 2.27 bits per heavy atom. The molecule has 2 N–H and O–H groups in total. The van der Waals surface area contributed by atoms with E-state index >= 15 is 0 Å². The molecule has 7 nitrogen and oxygen atoms in total.